The number of nitrogens with two attached hydrogens (primary N) is 1. The maximum atomic E-state index is 6.04. The van der Waals surface area contributed by atoms with Crippen molar-refractivity contribution in [1.82, 2.24) is 15.2 Å². The Bertz CT molecular complexity index is 463. The smallest absolute Gasteiger partial charge is 0.171 e. The summed E-state index contributed by atoms with van der Waals surface area (Å²) < 4.78 is 5.08. The minimum Gasteiger partial charge on any atom is -0.497 e. The van der Waals surface area contributed by atoms with Crippen molar-refractivity contribution in [3.63, 3.8) is 0 Å². The van der Waals surface area contributed by atoms with E-state index >= 15 is 0 Å². The first-order chi connectivity index (χ1) is 7.70. The number of benzene rings is 1. The van der Waals surface area contributed by atoms with Gasteiger partial charge in [-0.15, -0.1) is 0 Å². The molecule has 5 heteroatoms. The number of rotatable bonds is 3. The monoisotopic (exact) mass is 218 g/mol. The summed E-state index contributed by atoms with van der Waals surface area (Å²) in [7, 11) is 1.63. The van der Waals surface area contributed by atoms with Gasteiger partial charge in [0.1, 0.15) is 11.6 Å². The molecule has 0 amide bonds. The number of methoxy groups -OCH3 is 1. The summed E-state index contributed by atoms with van der Waals surface area (Å²) in [4.78, 5) is 4.21. The summed E-state index contributed by atoms with van der Waals surface area (Å²) in [6, 6.07) is 7.25. The van der Waals surface area contributed by atoms with Gasteiger partial charge in [-0.3, -0.25) is 5.10 Å². The number of hydrogen-bond acceptors (Lipinski definition) is 4. The molecular weight excluding hydrogens is 204 g/mol. The van der Waals surface area contributed by atoms with Gasteiger partial charge in [-0.25, -0.2) is 4.98 Å². The molecule has 0 unspecified atom stereocenters. The highest BCUT2D eigenvalue weighted by molar-refractivity contribution is 5.31. The standard InChI is InChI=1S/C11H14N4O/c1-7-13-11(15-14-7)10(12)8-3-5-9(16-2)6-4-8/h3-6,10H,12H2,1-2H3,(H,13,14,15)/t10-/m0/s1. The Morgan fingerprint density at radius 2 is 2.00 bits per heavy atom. The van der Waals surface area contributed by atoms with Crippen LogP contribution in [0.4, 0.5) is 0 Å². The highest BCUT2D eigenvalue weighted by Gasteiger charge is 2.13. The molecule has 84 valence electrons. The summed E-state index contributed by atoms with van der Waals surface area (Å²) in [5, 5.41) is 6.82. The Balaban J connectivity index is 2.23. The largest absolute Gasteiger partial charge is 0.497 e. The van der Waals surface area contributed by atoms with E-state index in [-0.39, 0.29) is 6.04 Å². The van der Waals surface area contributed by atoms with Crippen molar-refractivity contribution in [2.75, 3.05) is 7.11 Å². The fraction of sp³-hybridized carbons (Fsp3) is 0.273. The second-order valence-corrected chi connectivity index (χ2v) is 3.53. The van der Waals surface area contributed by atoms with E-state index in [2.05, 4.69) is 15.2 Å². The number of aromatic amines is 1. The summed E-state index contributed by atoms with van der Waals surface area (Å²) >= 11 is 0. The minimum absolute atomic E-state index is 0.309. The van der Waals surface area contributed by atoms with Crippen molar-refractivity contribution in [3.05, 3.63) is 41.5 Å². The van der Waals surface area contributed by atoms with Crippen LogP contribution in [0.15, 0.2) is 24.3 Å². The molecule has 0 aliphatic heterocycles. The number of aryl methyl sites for hydroxylation is 1. The van der Waals surface area contributed by atoms with Crippen molar-refractivity contribution < 1.29 is 4.74 Å². The maximum absolute atomic E-state index is 6.04. The highest BCUT2D eigenvalue weighted by atomic mass is 16.5. The first kappa shape index (κ1) is 10.6. The average molecular weight is 218 g/mol. The van der Waals surface area contributed by atoms with Crippen LogP contribution < -0.4 is 10.5 Å². The highest BCUT2D eigenvalue weighted by Crippen LogP contribution is 2.19. The van der Waals surface area contributed by atoms with E-state index in [0.717, 1.165) is 17.1 Å². The minimum atomic E-state index is -0.309. The van der Waals surface area contributed by atoms with Crippen LogP contribution in [-0.2, 0) is 0 Å². The Hall–Kier alpha value is -1.88. The topological polar surface area (TPSA) is 76.8 Å². The van der Waals surface area contributed by atoms with E-state index in [0.29, 0.717) is 5.82 Å². The van der Waals surface area contributed by atoms with Crippen LogP contribution in [-0.4, -0.2) is 22.3 Å². The molecule has 0 fully saturated rings. The molecule has 0 bridgehead atoms. The fourth-order valence-electron chi connectivity index (χ4n) is 1.46. The lowest BCUT2D eigenvalue weighted by Crippen LogP contribution is -2.13. The molecule has 1 atom stereocenters. The number of aromatic nitrogens is 3. The first-order valence-electron chi connectivity index (χ1n) is 4.99. The third kappa shape index (κ3) is 2.04. The molecule has 16 heavy (non-hydrogen) atoms. The van der Waals surface area contributed by atoms with Gasteiger partial charge in [-0.05, 0) is 24.6 Å². The predicted octanol–water partition coefficient (Wildman–Crippen LogP) is 1.17. The molecule has 1 aromatic heterocycles. The Labute approximate surface area is 93.7 Å². The van der Waals surface area contributed by atoms with Crippen molar-refractivity contribution in [1.29, 1.82) is 0 Å². The van der Waals surface area contributed by atoms with Crippen LogP contribution in [0.1, 0.15) is 23.3 Å². The van der Waals surface area contributed by atoms with E-state index in [1.165, 1.54) is 0 Å². The van der Waals surface area contributed by atoms with Crippen molar-refractivity contribution in [2.24, 2.45) is 5.73 Å². The number of hydrogen-bond donors (Lipinski definition) is 2. The van der Waals surface area contributed by atoms with Gasteiger partial charge in [0.05, 0.1) is 13.2 Å². The molecule has 1 heterocycles. The quantitative estimate of drug-likeness (QED) is 0.810. The number of nitrogens with one attached hydrogen (secondary N) is 1. The summed E-state index contributed by atoms with van der Waals surface area (Å²) in [6.07, 6.45) is 0. The average Bonchev–Trinajstić information content (AvgIpc) is 2.75. The summed E-state index contributed by atoms with van der Waals surface area (Å²) in [6.45, 7) is 1.84. The van der Waals surface area contributed by atoms with E-state index in [1.54, 1.807) is 7.11 Å². The lowest BCUT2D eigenvalue weighted by atomic mass is 10.1. The Morgan fingerprint density at radius 1 is 1.31 bits per heavy atom. The van der Waals surface area contributed by atoms with Crippen molar-refractivity contribution in [2.45, 2.75) is 13.0 Å². The number of H-pyrrole nitrogens is 1. The zero-order valence-electron chi connectivity index (χ0n) is 9.27. The van der Waals surface area contributed by atoms with Gasteiger partial charge in [-0.1, -0.05) is 12.1 Å². The molecule has 0 aliphatic carbocycles. The van der Waals surface area contributed by atoms with Gasteiger partial charge in [0.15, 0.2) is 5.82 Å². The van der Waals surface area contributed by atoms with Gasteiger partial charge in [-0.2, -0.15) is 5.10 Å². The van der Waals surface area contributed by atoms with Crippen LogP contribution in [0.25, 0.3) is 0 Å². The predicted molar refractivity (Wildman–Crippen MR) is 60.1 cm³/mol. The molecular formula is C11H14N4O. The molecule has 2 aromatic rings. The summed E-state index contributed by atoms with van der Waals surface area (Å²) in [5.41, 5.74) is 6.99. The molecule has 5 nitrogen and oxygen atoms in total. The van der Waals surface area contributed by atoms with Gasteiger partial charge in [0, 0.05) is 0 Å². The normalized spacial score (nSPS) is 12.4. The Kier molecular flexibility index (Phi) is 2.87. The molecule has 1 aromatic carbocycles. The van der Waals surface area contributed by atoms with Gasteiger partial charge >= 0.3 is 0 Å². The zero-order valence-corrected chi connectivity index (χ0v) is 9.27. The maximum Gasteiger partial charge on any atom is 0.171 e. The SMILES string of the molecule is COc1ccc([C@H](N)c2n[nH]c(C)n2)cc1. The van der Waals surface area contributed by atoms with Gasteiger partial charge < -0.3 is 10.5 Å². The Morgan fingerprint density at radius 3 is 2.50 bits per heavy atom. The molecule has 0 aliphatic rings. The first-order valence-corrected chi connectivity index (χ1v) is 4.99. The third-order valence-electron chi connectivity index (χ3n) is 2.37. The molecule has 0 radical (unpaired) electrons. The van der Waals surface area contributed by atoms with Gasteiger partial charge in [0.2, 0.25) is 0 Å². The molecule has 0 spiro atoms. The number of nitrogens with zero attached hydrogens (tertiary/aromatic N) is 2. The molecule has 0 saturated carbocycles. The van der Waals surface area contributed by atoms with E-state index < -0.39 is 0 Å². The van der Waals surface area contributed by atoms with E-state index in [9.17, 15) is 0 Å². The van der Waals surface area contributed by atoms with Gasteiger partial charge in [0.25, 0.3) is 0 Å². The third-order valence-corrected chi connectivity index (χ3v) is 2.37. The molecule has 0 saturated heterocycles. The van der Waals surface area contributed by atoms with Crippen LogP contribution >= 0.6 is 0 Å². The lowest BCUT2D eigenvalue weighted by molar-refractivity contribution is 0.414. The lowest BCUT2D eigenvalue weighted by Gasteiger charge is -2.08. The van der Waals surface area contributed by atoms with Crippen LogP contribution in [0.5, 0.6) is 5.75 Å². The molecule has 3 N–H and O–H groups in total. The fourth-order valence-corrected chi connectivity index (χ4v) is 1.46. The zero-order chi connectivity index (χ0) is 11.5. The van der Waals surface area contributed by atoms with Crippen molar-refractivity contribution >= 4 is 0 Å². The second-order valence-electron chi connectivity index (χ2n) is 3.53. The second kappa shape index (κ2) is 4.32. The van der Waals surface area contributed by atoms with E-state index in [4.69, 9.17) is 10.5 Å². The van der Waals surface area contributed by atoms with Crippen LogP contribution in [0, 0.1) is 6.92 Å². The van der Waals surface area contributed by atoms with Crippen LogP contribution in [0.2, 0.25) is 0 Å². The van der Waals surface area contributed by atoms with Crippen LogP contribution in [0.3, 0.4) is 0 Å². The van der Waals surface area contributed by atoms with E-state index in [1.807, 2.05) is 31.2 Å². The molecule has 2 rings (SSSR count). The van der Waals surface area contributed by atoms with Crippen molar-refractivity contribution in [3.8, 4) is 5.75 Å². The number of ether oxygens (including phenoxy) is 1. The summed E-state index contributed by atoms with van der Waals surface area (Å²) in [5.74, 6) is 2.17.